The van der Waals surface area contributed by atoms with Crippen molar-refractivity contribution in [2.24, 2.45) is 0 Å². The summed E-state index contributed by atoms with van der Waals surface area (Å²) in [6, 6.07) is 8.29. The molecule has 2 fully saturated rings. The van der Waals surface area contributed by atoms with Gasteiger partial charge in [0.25, 0.3) is 0 Å². The second kappa shape index (κ2) is 9.20. The number of carbonyl (C=O) groups is 1. The maximum absolute atomic E-state index is 12.8. The van der Waals surface area contributed by atoms with E-state index >= 15 is 0 Å². The standard InChI is InChI=1S/C20H31N3O2/c1-2-25-16-17-9-4-5-11-19(17)21-20(24)23-14-8-10-18(23)15-22-12-6-3-7-13-22/h4-5,9,11,18H,2-3,6-8,10,12-16H2,1H3,(H,21,24)/t18-/m1/s1. The maximum Gasteiger partial charge on any atom is 0.322 e. The van der Waals surface area contributed by atoms with Gasteiger partial charge in [-0.3, -0.25) is 0 Å². The van der Waals surface area contributed by atoms with Gasteiger partial charge in [-0.2, -0.15) is 0 Å². The van der Waals surface area contributed by atoms with Crippen LogP contribution in [0, 0.1) is 0 Å². The first-order chi connectivity index (χ1) is 12.3. The van der Waals surface area contributed by atoms with Crippen LogP contribution in [0.2, 0.25) is 0 Å². The zero-order valence-corrected chi connectivity index (χ0v) is 15.4. The van der Waals surface area contributed by atoms with Crippen molar-refractivity contribution in [3.63, 3.8) is 0 Å². The van der Waals surface area contributed by atoms with Crippen molar-refractivity contribution in [2.45, 2.75) is 51.7 Å². The lowest BCUT2D eigenvalue weighted by atomic mass is 10.1. The first-order valence-electron chi connectivity index (χ1n) is 9.73. The number of ether oxygens (including phenoxy) is 1. The Morgan fingerprint density at radius 3 is 2.76 bits per heavy atom. The molecule has 25 heavy (non-hydrogen) atoms. The predicted octanol–water partition coefficient (Wildman–Crippen LogP) is 3.71. The van der Waals surface area contributed by atoms with Crippen molar-refractivity contribution in [2.75, 3.05) is 38.1 Å². The number of amides is 2. The molecule has 2 aliphatic rings. The Morgan fingerprint density at radius 1 is 1.16 bits per heavy atom. The van der Waals surface area contributed by atoms with Gasteiger partial charge in [-0.15, -0.1) is 0 Å². The molecule has 2 aliphatic heterocycles. The minimum Gasteiger partial charge on any atom is -0.377 e. The number of likely N-dealkylation sites (tertiary alicyclic amines) is 2. The topological polar surface area (TPSA) is 44.8 Å². The van der Waals surface area contributed by atoms with Crippen molar-refractivity contribution in [1.82, 2.24) is 9.80 Å². The Labute approximate surface area is 151 Å². The van der Waals surface area contributed by atoms with Crippen LogP contribution < -0.4 is 5.32 Å². The van der Waals surface area contributed by atoms with E-state index in [1.165, 1.54) is 32.4 Å². The first kappa shape index (κ1) is 18.2. The Balaban J connectivity index is 1.60. The number of para-hydroxylation sites is 1. The second-order valence-corrected chi connectivity index (χ2v) is 7.08. The maximum atomic E-state index is 12.8. The quantitative estimate of drug-likeness (QED) is 0.855. The number of urea groups is 1. The highest BCUT2D eigenvalue weighted by Gasteiger charge is 2.30. The van der Waals surface area contributed by atoms with Crippen LogP contribution >= 0.6 is 0 Å². The van der Waals surface area contributed by atoms with Gasteiger partial charge in [-0.25, -0.2) is 4.79 Å². The van der Waals surface area contributed by atoms with Crippen molar-refractivity contribution in [3.8, 4) is 0 Å². The molecule has 138 valence electrons. The molecule has 0 unspecified atom stereocenters. The van der Waals surface area contributed by atoms with Crippen LogP contribution in [0.1, 0.15) is 44.6 Å². The fourth-order valence-electron chi connectivity index (χ4n) is 3.90. The third-order valence-corrected chi connectivity index (χ3v) is 5.28. The zero-order chi connectivity index (χ0) is 17.5. The predicted molar refractivity (Wildman–Crippen MR) is 101 cm³/mol. The lowest BCUT2D eigenvalue weighted by Crippen LogP contribution is -2.46. The van der Waals surface area contributed by atoms with Crippen LogP contribution in [0.15, 0.2) is 24.3 Å². The highest BCUT2D eigenvalue weighted by molar-refractivity contribution is 5.90. The molecule has 0 bridgehead atoms. The number of nitrogens with zero attached hydrogens (tertiary/aromatic N) is 2. The largest absolute Gasteiger partial charge is 0.377 e. The van der Waals surface area contributed by atoms with Gasteiger partial charge in [0, 0.05) is 37.0 Å². The van der Waals surface area contributed by atoms with Gasteiger partial charge in [-0.1, -0.05) is 24.6 Å². The normalized spacial score (nSPS) is 21.5. The summed E-state index contributed by atoms with van der Waals surface area (Å²) >= 11 is 0. The molecule has 3 rings (SSSR count). The highest BCUT2D eigenvalue weighted by atomic mass is 16.5. The number of piperidine rings is 1. The highest BCUT2D eigenvalue weighted by Crippen LogP contribution is 2.23. The van der Waals surface area contributed by atoms with E-state index in [0.717, 1.165) is 37.2 Å². The molecule has 0 spiro atoms. The number of hydrogen-bond donors (Lipinski definition) is 1. The van der Waals surface area contributed by atoms with Crippen LogP contribution in [0.5, 0.6) is 0 Å². The second-order valence-electron chi connectivity index (χ2n) is 7.08. The van der Waals surface area contributed by atoms with Gasteiger partial charge in [0.05, 0.1) is 6.61 Å². The molecular formula is C20H31N3O2. The summed E-state index contributed by atoms with van der Waals surface area (Å²) < 4.78 is 5.52. The van der Waals surface area contributed by atoms with Gasteiger partial charge in [0.2, 0.25) is 0 Å². The summed E-state index contributed by atoms with van der Waals surface area (Å²) in [7, 11) is 0. The van der Waals surface area contributed by atoms with Crippen molar-refractivity contribution < 1.29 is 9.53 Å². The number of hydrogen-bond acceptors (Lipinski definition) is 3. The molecule has 0 aliphatic carbocycles. The SMILES string of the molecule is CCOCc1ccccc1NC(=O)N1CCC[C@@H]1CN1CCCCC1. The molecule has 0 aromatic heterocycles. The van der Waals surface area contributed by atoms with Crippen LogP contribution in [-0.4, -0.2) is 54.7 Å². The van der Waals surface area contributed by atoms with E-state index in [1.807, 2.05) is 36.1 Å². The molecule has 5 heteroatoms. The van der Waals surface area contributed by atoms with Gasteiger partial charge in [0.1, 0.15) is 0 Å². The fourth-order valence-corrected chi connectivity index (χ4v) is 3.90. The van der Waals surface area contributed by atoms with E-state index < -0.39 is 0 Å². The summed E-state index contributed by atoms with van der Waals surface area (Å²) in [5, 5.41) is 3.12. The third-order valence-electron chi connectivity index (χ3n) is 5.28. The van der Waals surface area contributed by atoms with E-state index in [4.69, 9.17) is 4.74 Å². The van der Waals surface area contributed by atoms with Gasteiger partial charge in [0.15, 0.2) is 0 Å². The van der Waals surface area contributed by atoms with E-state index in [9.17, 15) is 4.79 Å². The molecule has 2 amide bonds. The summed E-state index contributed by atoms with van der Waals surface area (Å²) in [6.07, 6.45) is 6.16. The van der Waals surface area contributed by atoms with Crippen molar-refractivity contribution >= 4 is 11.7 Å². The lowest BCUT2D eigenvalue weighted by molar-refractivity contribution is 0.134. The summed E-state index contributed by atoms with van der Waals surface area (Å²) in [5.74, 6) is 0. The van der Waals surface area contributed by atoms with E-state index in [0.29, 0.717) is 19.3 Å². The Bertz CT molecular complexity index is 558. The number of carbonyl (C=O) groups excluding carboxylic acids is 1. The number of nitrogens with one attached hydrogen (secondary N) is 1. The average molecular weight is 345 g/mol. The zero-order valence-electron chi connectivity index (χ0n) is 15.4. The Hall–Kier alpha value is -1.59. The molecule has 5 nitrogen and oxygen atoms in total. The summed E-state index contributed by atoms with van der Waals surface area (Å²) in [4.78, 5) is 17.4. The van der Waals surface area contributed by atoms with Crippen molar-refractivity contribution in [1.29, 1.82) is 0 Å². The van der Waals surface area contributed by atoms with Crippen LogP contribution in [0.4, 0.5) is 10.5 Å². The molecule has 1 atom stereocenters. The molecule has 2 heterocycles. The first-order valence-corrected chi connectivity index (χ1v) is 9.73. The number of benzene rings is 1. The van der Waals surface area contributed by atoms with E-state index in [1.54, 1.807) is 0 Å². The van der Waals surface area contributed by atoms with Gasteiger partial charge in [-0.05, 0) is 51.8 Å². The van der Waals surface area contributed by atoms with E-state index in [2.05, 4.69) is 10.2 Å². The molecule has 2 saturated heterocycles. The van der Waals surface area contributed by atoms with Crippen LogP contribution in [0.3, 0.4) is 0 Å². The molecule has 1 N–H and O–H groups in total. The number of rotatable bonds is 6. The average Bonchev–Trinajstić information content (AvgIpc) is 3.10. The molecule has 1 aromatic rings. The fraction of sp³-hybridized carbons (Fsp3) is 0.650. The Morgan fingerprint density at radius 2 is 1.96 bits per heavy atom. The monoisotopic (exact) mass is 345 g/mol. The van der Waals surface area contributed by atoms with Crippen LogP contribution in [0.25, 0.3) is 0 Å². The Kier molecular flexibility index (Phi) is 6.70. The van der Waals surface area contributed by atoms with Gasteiger partial charge < -0.3 is 19.9 Å². The smallest absolute Gasteiger partial charge is 0.322 e. The molecular weight excluding hydrogens is 314 g/mol. The van der Waals surface area contributed by atoms with Crippen molar-refractivity contribution in [3.05, 3.63) is 29.8 Å². The molecule has 1 aromatic carbocycles. The lowest BCUT2D eigenvalue weighted by Gasteiger charge is -2.33. The minimum atomic E-state index is 0.0310. The third kappa shape index (κ3) is 4.95. The molecule has 0 saturated carbocycles. The van der Waals surface area contributed by atoms with Crippen LogP contribution in [-0.2, 0) is 11.3 Å². The van der Waals surface area contributed by atoms with Gasteiger partial charge >= 0.3 is 6.03 Å². The number of anilines is 1. The minimum absolute atomic E-state index is 0.0310. The summed E-state index contributed by atoms with van der Waals surface area (Å²) in [5.41, 5.74) is 1.90. The molecule has 0 radical (unpaired) electrons. The van der Waals surface area contributed by atoms with E-state index in [-0.39, 0.29) is 6.03 Å². The summed E-state index contributed by atoms with van der Waals surface area (Å²) in [6.45, 7) is 7.44.